The van der Waals surface area contributed by atoms with Crippen LogP contribution in [0.1, 0.15) is 122 Å². The lowest BCUT2D eigenvalue weighted by molar-refractivity contribution is 0.527. The van der Waals surface area contributed by atoms with E-state index in [-0.39, 0.29) is 0 Å². The zero-order chi connectivity index (χ0) is 18.7. The molecule has 0 fully saturated rings. The number of anilines is 1. The molecule has 0 heterocycles. The van der Waals surface area contributed by atoms with Gasteiger partial charge in [-0.3, -0.25) is 0 Å². The normalized spacial score (nSPS) is 11.1. The van der Waals surface area contributed by atoms with Crippen LogP contribution in [-0.4, -0.2) is 0 Å². The van der Waals surface area contributed by atoms with Gasteiger partial charge in [-0.15, -0.1) is 0 Å². The smallest absolute Gasteiger partial charge is 0.0316 e. The Morgan fingerprint density at radius 3 is 1.42 bits per heavy atom. The van der Waals surface area contributed by atoms with Crippen LogP contribution in [0.5, 0.6) is 0 Å². The Kier molecular flexibility index (Phi) is 15.5. The number of nitrogens with two attached hydrogens (primary N) is 1. The summed E-state index contributed by atoms with van der Waals surface area (Å²) in [6, 6.07) is 8.35. The SMILES string of the molecule is CCCCCCCCCCCCCCCCCCCc1cccc(N)c1. The topological polar surface area (TPSA) is 26.0 Å². The molecular formula is C25H45N. The second-order valence-corrected chi connectivity index (χ2v) is 8.15. The van der Waals surface area contributed by atoms with Crippen LogP contribution in [0.4, 0.5) is 5.69 Å². The molecule has 0 bridgehead atoms. The zero-order valence-corrected chi connectivity index (χ0v) is 17.6. The summed E-state index contributed by atoms with van der Waals surface area (Å²) in [6.45, 7) is 2.29. The molecule has 2 N–H and O–H groups in total. The summed E-state index contributed by atoms with van der Waals surface area (Å²) in [5.74, 6) is 0. The average Bonchev–Trinajstić information content (AvgIpc) is 2.64. The van der Waals surface area contributed by atoms with Gasteiger partial charge in [-0.2, -0.15) is 0 Å². The second kappa shape index (κ2) is 17.4. The summed E-state index contributed by atoms with van der Waals surface area (Å²) < 4.78 is 0. The van der Waals surface area contributed by atoms with Crippen molar-refractivity contribution in [1.29, 1.82) is 0 Å². The van der Waals surface area contributed by atoms with Crippen molar-refractivity contribution in [3.05, 3.63) is 29.8 Å². The molecule has 0 aliphatic heterocycles. The van der Waals surface area contributed by atoms with Gasteiger partial charge in [-0.25, -0.2) is 0 Å². The number of benzene rings is 1. The first-order chi connectivity index (χ1) is 12.8. The number of nitrogen functional groups attached to an aromatic ring is 1. The maximum absolute atomic E-state index is 5.82. The molecule has 26 heavy (non-hydrogen) atoms. The van der Waals surface area contributed by atoms with Crippen LogP contribution in [0.25, 0.3) is 0 Å². The maximum atomic E-state index is 5.82. The second-order valence-electron chi connectivity index (χ2n) is 8.15. The highest BCUT2D eigenvalue weighted by molar-refractivity contribution is 5.40. The first-order valence-electron chi connectivity index (χ1n) is 11.7. The first kappa shape index (κ1) is 23.1. The van der Waals surface area contributed by atoms with Crippen molar-refractivity contribution in [1.82, 2.24) is 0 Å². The third-order valence-electron chi connectivity index (χ3n) is 5.52. The third-order valence-corrected chi connectivity index (χ3v) is 5.52. The van der Waals surface area contributed by atoms with Crippen molar-refractivity contribution in [3.63, 3.8) is 0 Å². The fraction of sp³-hybridized carbons (Fsp3) is 0.760. The van der Waals surface area contributed by atoms with Crippen molar-refractivity contribution in [3.8, 4) is 0 Å². The molecule has 1 nitrogen and oxygen atoms in total. The fourth-order valence-electron chi connectivity index (χ4n) is 3.80. The van der Waals surface area contributed by atoms with Crippen molar-refractivity contribution >= 4 is 5.69 Å². The van der Waals surface area contributed by atoms with E-state index in [1.165, 1.54) is 121 Å². The van der Waals surface area contributed by atoms with Crippen LogP contribution in [0, 0.1) is 0 Å². The Morgan fingerprint density at radius 1 is 0.577 bits per heavy atom. The van der Waals surface area contributed by atoms with E-state index in [9.17, 15) is 0 Å². The zero-order valence-electron chi connectivity index (χ0n) is 17.6. The van der Waals surface area contributed by atoms with Gasteiger partial charge in [0.2, 0.25) is 0 Å². The fourth-order valence-corrected chi connectivity index (χ4v) is 3.80. The molecule has 0 amide bonds. The third kappa shape index (κ3) is 14.2. The summed E-state index contributed by atoms with van der Waals surface area (Å²) in [5.41, 5.74) is 8.12. The average molecular weight is 360 g/mol. The van der Waals surface area contributed by atoms with Gasteiger partial charge in [0.25, 0.3) is 0 Å². The number of hydrogen-bond acceptors (Lipinski definition) is 1. The standard InChI is InChI=1S/C25H45N/c1-2-3-4-5-6-7-8-9-10-11-12-13-14-15-16-17-18-20-24-21-19-22-25(26)23-24/h19,21-23H,2-18,20,26H2,1H3. The minimum absolute atomic E-state index is 0.898. The van der Waals surface area contributed by atoms with Crippen LogP contribution in [-0.2, 0) is 6.42 Å². The maximum Gasteiger partial charge on any atom is 0.0316 e. The van der Waals surface area contributed by atoms with Crippen molar-refractivity contribution < 1.29 is 0 Å². The van der Waals surface area contributed by atoms with E-state index in [0.717, 1.165) is 5.69 Å². The molecule has 0 unspecified atom stereocenters. The number of unbranched alkanes of at least 4 members (excludes halogenated alkanes) is 16. The molecule has 1 aromatic rings. The highest BCUT2D eigenvalue weighted by Gasteiger charge is 1.96. The molecule has 0 aliphatic rings. The van der Waals surface area contributed by atoms with Crippen LogP contribution in [0.2, 0.25) is 0 Å². The molecular weight excluding hydrogens is 314 g/mol. The van der Waals surface area contributed by atoms with Crippen LogP contribution < -0.4 is 5.73 Å². The Bertz CT molecular complexity index is 412. The van der Waals surface area contributed by atoms with E-state index in [0.29, 0.717) is 0 Å². The number of rotatable bonds is 18. The Morgan fingerprint density at radius 2 is 1.00 bits per heavy atom. The van der Waals surface area contributed by atoms with Crippen LogP contribution >= 0.6 is 0 Å². The molecule has 0 saturated heterocycles. The lowest BCUT2D eigenvalue weighted by atomic mass is 10.0. The van der Waals surface area contributed by atoms with Gasteiger partial charge in [0.15, 0.2) is 0 Å². The van der Waals surface area contributed by atoms with Gasteiger partial charge in [-0.05, 0) is 30.5 Å². The number of aryl methyl sites for hydroxylation is 1. The van der Waals surface area contributed by atoms with Gasteiger partial charge >= 0.3 is 0 Å². The van der Waals surface area contributed by atoms with Gasteiger partial charge in [0.05, 0.1) is 0 Å². The van der Waals surface area contributed by atoms with E-state index >= 15 is 0 Å². The lowest BCUT2D eigenvalue weighted by Crippen LogP contribution is -1.89. The summed E-state index contributed by atoms with van der Waals surface area (Å²) in [6.07, 6.45) is 25.6. The van der Waals surface area contributed by atoms with Crippen molar-refractivity contribution in [2.45, 2.75) is 122 Å². The summed E-state index contributed by atoms with van der Waals surface area (Å²) in [7, 11) is 0. The molecule has 0 saturated carbocycles. The van der Waals surface area contributed by atoms with Crippen molar-refractivity contribution in [2.24, 2.45) is 0 Å². The van der Waals surface area contributed by atoms with E-state index in [4.69, 9.17) is 5.73 Å². The van der Waals surface area contributed by atoms with Crippen molar-refractivity contribution in [2.75, 3.05) is 5.73 Å². The minimum Gasteiger partial charge on any atom is -0.399 e. The quantitative estimate of drug-likeness (QED) is 0.206. The van der Waals surface area contributed by atoms with Gasteiger partial charge in [-0.1, -0.05) is 122 Å². The molecule has 0 aliphatic carbocycles. The Balaban J connectivity index is 1.73. The molecule has 1 heteroatoms. The minimum atomic E-state index is 0.898. The van der Waals surface area contributed by atoms with Crippen LogP contribution in [0.3, 0.4) is 0 Å². The lowest BCUT2D eigenvalue weighted by Gasteiger charge is -2.04. The molecule has 0 spiro atoms. The Labute approximate surface area is 164 Å². The van der Waals surface area contributed by atoms with E-state index in [2.05, 4.69) is 25.1 Å². The molecule has 0 radical (unpaired) electrons. The van der Waals surface area contributed by atoms with E-state index in [1.807, 2.05) is 6.07 Å². The monoisotopic (exact) mass is 359 g/mol. The van der Waals surface area contributed by atoms with Crippen LogP contribution in [0.15, 0.2) is 24.3 Å². The van der Waals surface area contributed by atoms with E-state index in [1.54, 1.807) is 0 Å². The molecule has 150 valence electrons. The Hall–Kier alpha value is -0.980. The first-order valence-corrected chi connectivity index (χ1v) is 11.7. The van der Waals surface area contributed by atoms with Gasteiger partial charge < -0.3 is 5.73 Å². The molecule has 1 rings (SSSR count). The molecule has 0 atom stereocenters. The summed E-state index contributed by atoms with van der Waals surface area (Å²) >= 11 is 0. The molecule has 0 aromatic heterocycles. The van der Waals surface area contributed by atoms with Gasteiger partial charge in [0, 0.05) is 5.69 Å². The van der Waals surface area contributed by atoms with Gasteiger partial charge in [0.1, 0.15) is 0 Å². The largest absolute Gasteiger partial charge is 0.399 e. The van der Waals surface area contributed by atoms with E-state index < -0.39 is 0 Å². The molecule has 1 aromatic carbocycles. The number of hydrogen-bond donors (Lipinski definition) is 1. The highest BCUT2D eigenvalue weighted by Crippen LogP contribution is 2.15. The highest BCUT2D eigenvalue weighted by atomic mass is 14.5. The summed E-state index contributed by atoms with van der Waals surface area (Å²) in [5, 5.41) is 0. The summed E-state index contributed by atoms with van der Waals surface area (Å²) in [4.78, 5) is 0. The predicted octanol–water partition coefficient (Wildman–Crippen LogP) is 8.46. The predicted molar refractivity (Wildman–Crippen MR) is 119 cm³/mol.